The number of phenolic OH excluding ortho intramolecular Hbond substituents is 1. The first kappa shape index (κ1) is 18.0. The Hall–Kier alpha value is -1.83. The summed E-state index contributed by atoms with van der Waals surface area (Å²) in [6.45, 7) is 6.72. The number of amides is 1. The predicted octanol–water partition coefficient (Wildman–Crippen LogP) is 0.121. The topological polar surface area (TPSA) is 68.3 Å². The van der Waals surface area contributed by atoms with E-state index in [0.717, 1.165) is 57.9 Å². The van der Waals surface area contributed by atoms with Crippen molar-refractivity contribution in [1.29, 1.82) is 0 Å². The van der Waals surface area contributed by atoms with Crippen molar-refractivity contribution in [1.82, 2.24) is 20.0 Å². The summed E-state index contributed by atoms with van der Waals surface area (Å²) in [4.78, 5) is 19.8. The van der Waals surface area contributed by atoms with E-state index in [1.165, 1.54) is 7.11 Å². The van der Waals surface area contributed by atoms with E-state index in [2.05, 4.69) is 22.2 Å². The fraction of sp³-hybridized carbons (Fsp3) is 0.611. The van der Waals surface area contributed by atoms with Crippen LogP contribution >= 0.6 is 0 Å². The van der Waals surface area contributed by atoms with Gasteiger partial charge in [0.2, 0.25) is 5.91 Å². The van der Waals surface area contributed by atoms with E-state index in [4.69, 9.17) is 4.74 Å². The lowest BCUT2D eigenvalue weighted by molar-refractivity contribution is -0.139. The molecule has 0 bridgehead atoms. The van der Waals surface area contributed by atoms with Gasteiger partial charge >= 0.3 is 0 Å². The molecule has 2 N–H and O–H groups in total. The van der Waals surface area contributed by atoms with Gasteiger partial charge < -0.3 is 25.0 Å². The summed E-state index contributed by atoms with van der Waals surface area (Å²) >= 11 is 0. The highest BCUT2D eigenvalue weighted by Crippen LogP contribution is 2.32. The molecule has 0 saturated carbocycles. The molecule has 1 aromatic carbocycles. The van der Waals surface area contributed by atoms with E-state index in [1.807, 2.05) is 11.0 Å². The summed E-state index contributed by atoms with van der Waals surface area (Å²) in [6.07, 6.45) is 0. The number of hydrogen-bond donors (Lipinski definition) is 2. The van der Waals surface area contributed by atoms with Crippen molar-refractivity contribution in [3.05, 3.63) is 23.8 Å². The number of benzene rings is 1. The van der Waals surface area contributed by atoms with Crippen LogP contribution in [0.4, 0.5) is 0 Å². The first-order valence-corrected chi connectivity index (χ1v) is 8.89. The number of phenols is 1. The zero-order valence-corrected chi connectivity index (χ0v) is 15.1. The fourth-order valence-electron chi connectivity index (χ4n) is 3.51. The van der Waals surface area contributed by atoms with Gasteiger partial charge in [0.1, 0.15) is 6.04 Å². The molecule has 0 radical (unpaired) electrons. The van der Waals surface area contributed by atoms with Gasteiger partial charge in [-0.3, -0.25) is 9.69 Å². The van der Waals surface area contributed by atoms with Gasteiger partial charge in [-0.2, -0.15) is 0 Å². The highest BCUT2D eigenvalue weighted by Gasteiger charge is 2.33. The smallest absolute Gasteiger partial charge is 0.244 e. The monoisotopic (exact) mass is 348 g/mol. The highest BCUT2D eigenvalue weighted by molar-refractivity contribution is 5.83. The van der Waals surface area contributed by atoms with Crippen LogP contribution in [0.5, 0.6) is 11.5 Å². The summed E-state index contributed by atoms with van der Waals surface area (Å²) in [5.41, 5.74) is 0.875. The molecule has 2 aliphatic heterocycles. The van der Waals surface area contributed by atoms with Crippen LogP contribution in [-0.4, -0.2) is 92.2 Å². The van der Waals surface area contributed by atoms with Crippen molar-refractivity contribution in [3.63, 3.8) is 0 Å². The van der Waals surface area contributed by atoms with Crippen molar-refractivity contribution in [3.8, 4) is 11.5 Å². The molecule has 7 heteroatoms. The highest BCUT2D eigenvalue weighted by atomic mass is 16.5. The van der Waals surface area contributed by atoms with Crippen LogP contribution in [0.2, 0.25) is 0 Å². The molecule has 2 aliphatic rings. The Kier molecular flexibility index (Phi) is 5.78. The van der Waals surface area contributed by atoms with Crippen LogP contribution in [-0.2, 0) is 4.79 Å². The van der Waals surface area contributed by atoms with Gasteiger partial charge in [0, 0.05) is 52.4 Å². The second kappa shape index (κ2) is 8.03. The maximum Gasteiger partial charge on any atom is 0.244 e. The number of rotatable bonds is 4. The number of carbonyl (C=O) groups excluding carboxylic acids is 1. The van der Waals surface area contributed by atoms with Crippen molar-refractivity contribution < 1.29 is 14.6 Å². The van der Waals surface area contributed by atoms with Gasteiger partial charge in [-0.25, -0.2) is 0 Å². The first-order chi connectivity index (χ1) is 12.1. The zero-order valence-electron chi connectivity index (χ0n) is 15.1. The Morgan fingerprint density at radius 3 is 2.48 bits per heavy atom. The third-order valence-corrected chi connectivity index (χ3v) is 5.09. The summed E-state index contributed by atoms with van der Waals surface area (Å²) in [6, 6.07) is 4.90. The van der Waals surface area contributed by atoms with E-state index in [9.17, 15) is 9.90 Å². The van der Waals surface area contributed by atoms with Crippen molar-refractivity contribution >= 4 is 5.91 Å². The summed E-state index contributed by atoms with van der Waals surface area (Å²) < 4.78 is 5.25. The maximum atomic E-state index is 13.3. The minimum atomic E-state index is -0.333. The Balaban J connectivity index is 1.88. The molecule has 1 unspecified atom stereocenters. The van der Waals surface area contributed by atoms with Crippen LogP contribution in [0.3, 0.4) is 0 Å². The minimum absolute atomic E-state index is 0.0948. The molecule has 7 nitrogen and oxygen atoms in total. The molecule has 3 rings (SSSR count). The summed E-state index contributed by atoms with van der Waals surface area (Å²) in [5.74, 6) is 0.643. The molecule has 138 valence electrons. The molecular formula is C18H28N4O3. The second-order valence-electron chi connectivity index (χ2n) is 6.75. The Morgan fingerprint density at radius 2 is 1.84 bits per heavy atom. The number of ether oxygens (including phenoxy) is 1. The van der Waals surface area contributed by atoms with E-state index < -0.39 is 0 Å². The van der Waals surface area contributed by atoms with Crippen molar-refractivity contribution in [2.24, 2.45) is 0 Å². The van der Waals surface area contributed by atoms with Crippen LogP contribution in [0.25, 0.3) is 0 Å². The molecule has 1 atom stereocenters. The standard InChI is InChI=1S/C18H28N4O3/c1-20-9-11-22(12-10-20)18(24)17(21-7-5-19-6-8-21)14-3-4-15(23)16(13-14)25-2/h3-4,13,17,19,23H,5-12H2,1-2H3. The quantitative estimate of drug-likeness (QED) is 0.806. The number of hydrogen-bond acceptors (Lipinski definition) is 6. The van der Waals surface area contributed by atoms with Gasteiger partial charge in [-0.15, -0.1) is 0 Å². The Labute approximate surface area is 149 Å². The number of nitrogens with zero attached hydrogens (tertiary/aromatic N) is 3. The second-order valence-corrected chi connectivity index (χ2v) is 6.75. The minimum Gasteiger partial charge on any atom is -0.504 e. The van der Waals surface area contributed by atoms with E-state index in [-0.39, 0.29) is 17.7 Å². The van der Waals surface area contributed by atoms with Gasteiger partial charge in [-0.05, 0) is 24.7 Å². The first-order valence-electron chi connectivity index (χ1n) is 8.89. The Morgan fingerprint density at radius 1 is 1.16 bits per heavy atom. The van der Waals surface area contributed by atoms with Crippen LogP contribution in [0, 0.1) is 0 Å². The van der Waals surface area contributed by atoms with Crippen LogP contribution in [0.1, 0.15) is 11.6 Å². The predicted molar refractivity (Wildman–Crippen MR) is 95.9 cm³/mol. The van der Waals surface area contributed by atoms with Gasteiger partial charge in [0.25, 0.3) is 0 Å². The molecule has 1 amide bonds. The molecule has 2 saturated heterocycles. The van der Waals surface area contributed by atoms with Crippen molar-refractivity contribution in [2.75, 3.05) is 66.5 Å². The van der Waals surface area contributed by atoms with Gasteiger partial charge in [0.15, 0.2) is 11.5 Å². The van der Waals surface area contributed by atoms with Crippen LogP contribution < -0.4 is 10.1 Å². The molecule has 1 aromatic rings. The molecule has 0 aromatic heterocycles. The average Bonchev–Trinajstić information content (AvgIpc) is 2.64. The lowest BCUT2D eigenvalue weighted by Crippen LogP contribution is -2.53. The molecule has 0 aliphatic carbocycles. The number of aromatic hydroxyl groups is 1. The summed E-state index contributed by atoms with van der Waals surface area (Å²) in [5, 5.41) is 13.2. The van der Waals surface area contributed by atoms with Crippen LogP contribution in [0.15, 0.2) is 18.2 Å². The number of piperazine rings is 2. The zero-order chi connectivity index (χ0) is 17.8. The lowest BCUT2D eigenvalue weighted by Gasteiger charge is -2.39. The van der Waals surface area contributed by atoms with Gasteiger partial charge in [0.05, 0.1) is 7.11 Å². The van der Waals surface area contributed by atoms with Gasteiger partial charge in [-0.1, -0.05) is 6.07 Å². The number of carbonyl (C=O) groups is 1. The lowest BCUT2D eigenvalue weighted by atomic mass is 10.0. The van der Waals surface area contributed by atoms with Crippen molar-refractivity contribution in [2.45, 2.75) is 6.04 Å². The largest absolute Gasteiger partial charge is 0.504 e. The molecular weight excluding hydrogens is 320 g/mol. The molecule has 2 heterocycles. The number of nitrogens with one attached hydrogen (secondary N) is 1. The maximum absolute atomic E-state index is 13.3. The third-order valence-electron chi connectivity index (χ3n) is 5.09. The molecule has 0 spiro atoms. The molecule has 25 heavy (non-hydrogen) atoms. The Bertz CT molecular complexity index is 596. The van der Waals surface area contributed by atoms with E-state index >= 15 is 0 Å². The third kappa shape index (κ3) is 4.05. The number of likely N-dealkylation sites (N-methyl/N-ethyl adjacent to an activating group) is 1. The molecule has 2 fully saturated rings. The van der Waals surface area contributed by atoms with E-state index in [1.54, 1.807) is 12.1 Å². The normalized spacial score (nSPS) is 21.1. The summed E-state index contributed by atoms with van der Waals surface area (Å²) in [7, 11) is 3.61. The van der Waals surface area contributed by atoms with E-state index in [0.29, 0.717) is 5.75 Å². The fourth-order valence-corrected chi connectivity index (χ4v) is 3.51. The SMILES string of the molecule is COc1cc(C(C(=O)N2CCN(C)CC2)N2CCNCC2)ccc1O. The average molecular weight is 348 g/mol. The number of methoxy groups -OCH3 is 1.